The van der Waals surface area contributed by atoms with Gasteiger partial charge in [0.15, 0.2) is 0 Å². The van der Waals surface area contributed by atoms with Gasteiger partial charge in [-0.15, -0.1) is 0 Å². The molecule has 0 atom stereocenters. The molecule has 0 radical (unpaired) electrons. The van der Waals surface area contributed by atoms with Gasteiger partial charge in [-0.25, -0.2) is 4.79 Å². The van der Waals surface area contributed by atoms with E-state index < -0.39 is 0 Å². The van der Waals surface area contributed by atoms with Gasteiger partial charge in [0, 0.05) is 19.6 Å². The molecule has 0 unspecified atom stereocenters. The van der Waals surface area contributed by atoms with Crippen LogP contribution in [0, 0.1) is 6.92 Å². The van der Waals surface area contributed by atoms with Crippen LogP contribution in [-0.2, 0) is 6.54 Å². The Morgan fingerprint density at radius 2 is 2.00 bits per heavy atom. The maximum absolute atomic E-state index is 11.7. The van der Waals surface area contributed by atoms with Crippen molar-refractivity contribution in [1.82, 2.24) is 10.2 Å². The van der Waals surface area contributed by atoms with Crippen LogP contribution in [-0.4, -0.2) is 24.0 Å². The van der Waals surface area contributed by atoms with Crippen LogP contribution in [0.4, 0.5) is 4.79 Å². The summed E-state index contributed by atoms with van der Waals surface area (Å²) in [6, 6.07) is 8.26. The Kier molecular flexibility index (Phi) is 4.35. The molecule has 0 spiro atoms. The Morgan fingerprint density at radius 1 is 1.38 bits per heavy atom. The second-order valence-corrected chi connectivity index (χ2v) is 4.39. The number of hydrogen-bond acceptors (Lipinski definition) is 1. The average molecular weight is 220 g/mol. The zero-order valence-electron chi connectivity index (χ0n) is 10.4. The summed E-state index contributed by atoms with van der Waals surface area (Å²) in [6.45, 7) is 6.62. The first-order valence-electron chi connectivity index (χ1n) is 5.57. The maximum atomic E-state index is 11.7. The van der Waals surface area contributed by atoms with Gasteiger partial charge in [0.05, 0.1) is 0 Å². The molecule has 0 fully saturated rings. The quantitative estimate of drug-likeness (QED) is 0.834. The van der Waals surface area contributed by atoms with E-state index >= 15 is 0 Å². The van der Waals surface area contributed by atoms with E-state index in [2.05, 4.69) is 24.4 Å². The second-order valence-electron chi connectivity index (χ2n) is 4.39. The molecule has 16 heavy (non-hydrogen) atoms. The van der Waals surface area contributed by atoms with E-state index in [1.54, 1.807) is 4.90 Å². The lowest BCUT2D eigenvalue weighted by Gasteiger charge is -2.20. The van der Waals surface area contributed by atoms with Crippen LogP contribution in [0.3, 0.4) is 0 Å². The SMILES string of the molecule is Cc1ccccc1CN(C)C(=O)NC(C)C. The van der Waals surface area contributed by atoms with Crippen LogP contribution in [0.15, 0.2) is 24.3 Å². The number of aryl methyl sites for hydroxylation is 1. The minimum Gasteiger partial charge on any atom is -0.336 e. The van der Waals surface area contributed by atoms with Gasteiger partial charge in [-0.1, -0.05) is 24.3 Å². The number of hydrogen-bond donors (Lipinski definition) is 1. The van der Waals surface area contributed by atoms with E-state index in [9.17, 15) is 4.79 Å². The molecule has 0 aromatic heterocycles. The minimum absolute atomic E-state index is 0.0294. The number of rotatable bonds is 3. The van der Waals surface area contributed by atoms with Gasteiger partial charge in [0.25, 0.3) is 0 Å². The summed E-state index contributed by atoms with van der Waals surface area (Å²) in [6.07, 6.45) is 0. The summed E-state index contributed by atoms with van der Waals surface area (Å²) in [7, 11) is 1.81. The highest BCUT2D eigenvalue weighted by Crippen LogP contribution is 2.09. The molecule has 0 aliphatic carbocycles. The molecular weight excluding hydrogens is 200 g/mol. The van der Waals surface area contributed by atoms with Crippen molar-refractivity contribution in [3.63, 3.8) is 0 Å². The Labute approximate surface area is 97.5 Å². The second kappa shape index (κ2) is 5.54. The number of nitrogens with one attached hydrogen (secondary N) is 1. The van der Waals surface area contributed by atoms with Crippen molar-refractivity contribution >= 4 is 6.03 Å². The predicted octanol–water partition coefficient (Wildman–Crippen LogP) is 2.54. The number of amides is 2. The van der Waals surface area contributed by atoms with Crippen molar-refractivity contribution in [1.29, 1.82) is 0 Å². The predicted molar refractivity (Wildman–Crippen MR) is 66.3 cm³/mol. The van der Waals surface area contributed by atoms with E-state index in [-0.39, 0.29) is 12.1 Å². The van der Waals surface area contributed by atoms with Crippen molar-refractivity contribution in [3.8, 4) is 0 Å². The zero-order valence-corrected chi connectivity index (χ0v) is 10.4. The van der Waals surface area contributed by atoms with E-state index in [4.69, 9.17) is 0 Å². The first-order chi connectivity index (χ1) is 7.50. The lowest BCUT2D eigenvalue weighted by atomic mass is 10.1. The molecule has 2 amide bonds. The molecule has 3 heteroatoms. The summed E-state index contributed by atoms with van der Waals surface area (Å²) in [4.78, 5) is 13.4. The van der Waals surface area contributed by atoms with Gasteiger partial charge in [0.2, 0.25) is 0 Å². The molecule has 1 N–H and O–H groups in total. The molecule has 0 heterocycles. The monoisotopic (exact) mass is 220 g/mol. The molecule has 0 aliphatic rings. The third-order valence-electron chi connectivity index (χ3n) is 2.43. The van der Waals surface area contributed by atoms with Crippen molar-refractivity contribution in [2.45, 2.75) is 33.4 Å². The standard InChI is InChI=1S/C13H20N2O/c1-10(2)14-13(16)15(4)9-12-8-6-5-7-11(12)3/h5-8,10H,9H2,1-4H3,(H,14,16). The molecular formula is C13H20N2O. The van der Waals surface area contributed by atoms with Gasteiger partial charge < -0.3 is 10.2 Å². The fourth-order valence-electron chi connectivity index (χ4n) is 1.47. The summed E-state index contributed by atoms with van der Waals surface area (Å²) < 4.78 is 0. The fourth-order valence-corrected chi connectivity index (χ4v) is 1.47. The highest BCUT2D eigenvalue weighted by atomic mass is 16.2. The van der Waals surface area contributed by atoms with Crippen LogP contribution in [0.5, 0.6) is 0 Å². The van der Waals surface area contributed by atoms with Crippen molar-refractivity contribution in [2.75, 3.05) is 7.05 Å². The van der Waals surface area contributed by atoms with Crippen LogP contribution in [0.2, 0.25) is 0 Å². The Bertz CT molecular complexity index is 361. The van der Waals surface area contributed by atoms with Crippen molar-refractivity contribution in [3.05, 3.63) is 35.4 Å². The van der Waals surface area contributed by atoms with Crippen LogP contribution in [0.1, 0.15) is 25.0 Å². The highest BCUT2D eigenvalue weighted by Gasteiger charge is 2.10. The van der Waals surface area contributed by atoms with Crippen LogP contribution < -0.4 is 5.32 Å². The molecule has 1 rings (SSSR count). The number of benzene rings is 1. The fraction of sp³-hybridized carbons (Fsp3) is 0.462. The van der Waals surface area contributed by atoms with Gasteiger partial charge in [-0.05, 0) is 31.9 Å². The van der Waals surface area contributed by atoms with Crippen molar-refractivity contribution in [2.24, 2.45) is 0 Å². The van der Waals surface area contributed by atoms with E-state index in [0.29, 0.717) is 6.54 Å². The number of carbonyl (C=O) groups is 1. The van der Waals surface area contributed by atoms with E-state index in [0.717, 1.165) is 0 Å². The number of nitrogens with zero attached hydrogens (tertiary/aromatic N) is 1. The highest BCUT2D eigenvalue weighted by molar-refractivity contribution is 5.74. The van der Waals surface area contributed by atoms with Gasteiger partial charge in [-0.3, -0.25) is 0 Å². The van der Waals surface area contributed by atoms with Gasteiger partial charge in [0.1, 0.15) is 0 Å². The Balaban J connectivity index is 2.61. The molecule has 0 aliphatic heterocycles. The van der Waals surface area contributed by atoms with Gasteiger partial charge in [-0.2, -0.15) is 0 Å². The Morgan fingerprint density at radius 3 is 2.56 bits per heavy atom. The van der Waals surface area contributed by atoms with E-state index in [1.807, 2.05) is 33.0 Å². The number of carbonyl (C=O) groups excluding carboxylic acids is 1. The first kappa shape index (κ1) is 12.6. The molecule has 1 aromatic rings. The normalized spacial score (nSPS) is 10.3. The largest absolute Gasteiger partial charge is 0.336 e. The average Bonchev–Trinajstić information content (AvgIpc) is 2.20. The minimum atomic E-state index is -0.0294. The third-order valence-corrected chi connectivity index (χ3v) is 2.43. The molecule has 3 nitrogen and oxygen atoms in total. The third kappa shape index (κ3) is 3.57. The summed E-state index contributed by atoms with van der Waals surface area (Å²) in [5, 5.41) is 2.87. The molecule has 88 valence electrons. The smallest absolute Gasteiger partial charge is 0.317 e. The Hall–Kier alpha value is -1.51. The van der Waals surface area contributed by atoms with Crippen LogP contribution >= 0.6 is 0 Å². The summed E-state index contributed by atoms with van der Waals surface area (Å²) >= 11 is 0. The van der Waals surface area contributed by atoms with Crippen LogP contribution in [0.25, 0.3) is 0 Å². The lowest BCUT2D eigenvalue weighted by Crippen LogP contribution is -2.40. The van der Waals surface area contributed by atoms with Crippen molar-refractivity contribution < 1.29 is 4.79 Å². The first-order valence-corrected chi connectivity index (χ1v) is 5.57. The topological polar surface area (TPSA) is 32.3 Å². The van der Waals surface area contributed by atoms with Gasteiger partial charge >= 0.3 is 6.03 Å². The maximum Gasteiger partial charge on any atom is 0.317 e. The molecule has 0 saturated heterocycles. The lowest BCUT2D eigenvalue weighted by molar-refractivity contribution is 0.204. The molecule has 1 aromatic carbocycles. The number of urea groups is 1. The zero-order chi connectivity index (χ0) is 12.1. The summed E-state index contributed by atoms with van der Waals surface area (Å²) in [5.74, 6) is 0. The molecule has 0 saturated carbocycles. The summed E-state index contributed by atoms with van der Waals surface area (Å²) in [5.41, 5.74) is 2.40. The molecule has 0 bridgehead atoms. The van der Waals surface area contributed by atoms with E-state index in [1.165, 1.54) is 11.1 Å².